The van der Waals surface area contributed by atoms with E-state index in [1.54, 1.807) is 0 Å². The molecule has 0 atom stereocenters. The van der Waals surface area contributed by atoms with E-state index in [2.05, 4.69) is 56.3 Å². The molecular formula is C17H24O. The zero-order valence-corrected chi connectivity index (χ0v) is 11.8. The molecule has 1 rings (SSSR count). The summed E-state index contributed by atoms with van der Waals surface area (Å²) in [5, 5.41) is 0. The van der Waals surface area contributed by atoms with Crippen LogP contribution in [0.3, 0.4) is 0 Å². The maximum absolute atomic E-state index is 5.81. The highest BCUT2D eigenvalue weighted by Crippen LogP contribution is 2.21. The van der Waals surface area contributed by atoms with E-state index in [1.807, 2.05) is 6.92 Å². The van der Waals surface area contributed by atoms with Gasteiger partial charge in [-0.15, -0.1) is 0 Å². The Hall–Kier alpha value is -1.50. The average molecular weight is 244 g/mol. The first kappa shape index (κ1) is 14.6. The Morgan fingerprint density at radius 2 is 1.94 bits per heavy atom. The molecule has 18 heavy (non-hydrogen) atoms. The van der Waals surface area contributed by atoms with Crippen molar-refractivity contribution in [1.82, 2.24) is 0 Å². The Labute approximate surface area is 111 Å². The van der Waals surface area contributed by atoms with E-state index in [9.17, 15) is 0 Å². The first-order valence-electron chi connectivity index (χ1n) is 6.85. The number of benzene rings is 1. The van der Waals surface area contributed by atoms with Crippen molar-refractivity contribution in [3.63, 3.8) is 0 Å². The molecule has 0 radical (unpaired) electrons. The minimum Gasteiger partial charge on any atom is -0.493 e. The first-order chi connectivity index (χ1) is 8.83. The molecule has 0 aliphatic rings. The molecule has 1 aromatic rings. The third-order valence-corrected chi connectivity index (χ3v) is 2.75. The Morgan fingerprint density at radius 1 is 1.17 bits per heavy atom. The fraction of sp³-hybridized carbons (Fsp3) is 0.412. The van der Waals surface area contributed by atoms with Crippen molar-refractivity contribution in [3.8, 4) is 0 Å². The minimum absolute atomic E-state index is 0.777. The van der Waals surface area contributed by atoms with Gasteiger partial charge >= 0.3 is 0 Å². The van der Waals surface area contributed by atoms with Gasteiger partial charge in [0.25, 0.3) is 0 Å². The predicted molar refractivity (Wildman–Crippen MR) is 79.5 cm³/mol. The topological polar surface area (TPSA) is 9.23 Å². The van der Waals surface area contributed by atoms with Gasteiger partial charge in [0, 0.05) is 5.56 Å². The first-order valence-corrected chi connectivity index (χ1v) is 6.85. The van der Waals surface area contributed by atoms with Crippen LogP contribution in [0, 0.1) is 0 Å². The molecule has 98 valence electrons. The molecule has 0 saturated carbocycles. The molecule has 0 amide bonds. The molecule has 0 aromatic heterocycles. The van der Waals surface area contributed by atoms with Gasteiger partial charge in [-0.3, -0.25) is 0 Å². The number of hydrogen-bond donors (Lipinski definition) is 0. The zero-order valence-electron chi connectivity index (χ0n) is 11.8. The van der Waals surface area contributed by atoms with Gasteiger partial charge in [0.15, 0.2) is 0 Å². The number of ether oxygens (including phenoxy) is 1. The van der Waals surface area contributed by atoms with Gasteiger partial charge in [-0.05, 0) is 37.8 Å². The highest BCUT2D eigenvalue weighted by molar-refractivity contribution is 5.63. The van der Waals surface area contributed by atoms with E-state index in [0.717, 1.165) is 31.6 Å². The lowest BCUT2D eigenvalue weighted by Gasteiger charge is -2.13. The molecule has 0 heterocycles. The summed E-state index contributed by atoms with van der Waals surface area (Å²) in [4.78, 5) is 0. The molecule has 1 aromatic carbocycles. The molecule has 0 bridgehead atoms. The molecule has 1 nitrogen and oxygen atoms in total. The van der Waals surface area contributed by atoms with Gasteiger partial charge in [-0.1, -0.05) is 50.3 Å². The third-order valence-electron chi connectivity index (χ3n) is 2.75. The van der Waals surface area contributed by atoms with E-state index < -0.39 is 0 Å². The van der Waals surface area contributed by atoms with Gasteiger partial charge in [0.05, 0.1) is 6.61 Å². The van der Waals surface area contributed by atoms with Crippen LogP contribution in [0.2, 0.25) is 0 Å². The standard InChI is InChI=1S/C17H24O/c1-4-7-8-11-15-12-9-10-13-16(15)17(6-3)18-14-5-2/h6-10,12-13H,4-5,11,14H2,1-3H3/b8-7-,17-6+. The maximum Gasteiger partial charge on any atom is 0.122 e. The second-order valence-electron chi connectivity index (χ2n) is 4.24. The highest BCUT2D eigenvalue weighted by atomic mass is 16.5. The van der Waals surface area contributed by atoms with Crippen molar-refractivity contribution in [1.29, 1.82) is 0 Å². The SMILES string of the molecule is C/C=C(/OCCC)c1ccccc1C/C=C\CC. The van der Waals surface area contributed by atoms with Crippen molar-refractivity contribution in [3.05, 3.63) is 53.6 Å². The van der Waals surface area contributed by atoms with Crippen molar-refractivity contribution in [2.45, 2.75) is 40.0 Å². The van der Waals surface area contributed by atoms with Crippen LogP contribution in [0.4, 0.5) is 0 Å². The summed E-state index contributed by atoms with van der Waals surface area (Å²) in [7, 11) is 0. The minimum atomic E-state index is 0.777. The molecular weight excluding hydrogens is 220 g/mol. The van der Waals surface area contributed by atoms with E-state index in [4.69, 9.17) is 4.74 Å². The zero-order chi connectivity index (χ0) is 13.2. The monoisotopic (exact) mass is 244 g/mol. The van der Waals surface area contributed by atoms with E-state index in [0.29, 0.717) is 0 Å². The van der Waals surface area contributed by atoms with E-state index in [-0.39, 0.29) is 0 Å². The lowest BCUT2D eigenvalue weighted by molar-refractivity contribution is 0.276. The van der Waals surface area contributed by atoms with Gasteiger partial charge < -0.3 is 4.74 Å². The summed E-state index contributed by atoms with van der Waals surface area (Å²) in [6, 6.07) is 8.47. The molecule has 1 heteroatoms. The van der Waals surface area contributed by atoms with Crippen LogP contribution < -0.4 is 0 Å². The van der Waals surface area contributed by atoms with E-state index in [1.165, 1.54) is 11.1 Å². The predicted octanol–water partition coefficient (Wildman–Crippen LogP) is 4.98. The van der Waals surface area contributed by atoms with Crippen LogP contribution in [0.25, 0.3) is 5.76 Å². The number of hydrogen-bond acceptors (Lipinski definition) is 1. The maximum atomic E-state index is 5.81. The fourth-order valence-electron chi connectivity index (χ4n) is 1.84. The fourth-order valence-corrected chi connectivity index (χ4v) is 1.84. The quantitative estimate of drug-likeness (QED) is 0.485. The van der Waals surface area contributed by atoms with Crippen LogP contribution >= 0.6 is 0 Å². The normalized spacial score (nSPS) is 12.1. The summed E-state index contributed by atoms with van der Waals surface area (Å²) in [6.45, 7) is 7.09. The molecule has 0 spiro atoms. The third kappa shape index (κ3) is 4.40. The Morgan fingerprint density at radius 3 is 2.61 bits per heavy atom. The summed E-state index contributed by atoms with van der Waals surface area (Å²) in [5.41, 5.74) is 2.54. The molecule has 0 aliphatic carbocycles. The van der Waals surface area contributed by atoms with Crippen LogP contribution in [-0.4, -0.2) is 6.61 Å². The summed E-state index contributed by atoms with van der Waals surface area (Å²) in [5.74, 6) is 0.998. The van der Waals surface area contributed by atoms with Gasteiger partial charge in [0.2, 0.25) is 0 Å². The summed E-state index contributed by atoms with van der Waals surface area (Å²) >= 11 is 0. The number of rotatable bonds is 7. The highest BCUT2D eigenvalue weighted by Gasteiger charge is 2.06. The van der Waals surface area contributed by atoms with Gasteiger partial charge in [-0.2, -0.15) is 0 Å². The smallest absolute Gasteiger partial charge is 0.122 e. The lowest BCUT2D eigenvalue weighted by atomic mass is 10.0. The van der Waals surface area contributed by atoms with Crippen LogP contribution in [0.15, 0.2) is 42.5 Å². The molecule has 0 unspecified atom stereocenters. The van der Waals surface area contributed by atoms with Crippen molar-refractivity contribution in [2.24, 2.45) is 0 Å². The second kappa shape index (κ2) is 8.57. The summed E-state index contributed by atoms with van der Waals surface area (Å²) in [6.07, 6.45) is 9.58. The molecule has 0 aliphatic heterocycles. The molecule has 0 saturated heterocycles. The van der Waals surface area contributed by atoms with Gasteiger partial charge in [-0.25, -0.2) is 0 Å². The Bertz CT molecular complexity index is 402. The molecule has 0 fully saturated rings. The molecule has 0 N–H and O–H groups in total. The Balaban J connectivity index is 2.88. The number of allylic oxidation sites excluding steroid dienone is 3. The van der Waals surface area contributed by atoms with E-state index >= 15 is 0 Å². The van der Waals surface area contributed by atoms with Crippen LogP contribution in [0.1, 0.15) is 44.7 Å². The lowest BCUT2D eigenvalue weighted by Crippen LogP contribution is -1.97. The second-order valence-corrected chi connectivity index (χ2v) is 4.24. The summed E-state index contributed by atoms with van der Waals surface area (Å²) < 4.78 is 5.81. The van der Waals surface area contributed by atoms with Crippen molar-refractivity contribution in [2.75, 3.05) is 6.61 Å². The Kier molecular flexibility index (Phi) is 6.93. The largest absolute Gasteiger partial charge is 0.493 e. The van der Waals surface area contributed by atoms with Gasteiger partial charge in [0.1, 0.15) is 5.76 Å². The average Bonchev–Trinajstić information content (AvgIpc) is 2.41. The van der Waals surface area contributed by atoms with Crippen molar-refractivity contribution < 1.29 is 4.74 Å². The van der Waals surface area contributed by atoms with Crippen molar-refractivity contribution >= 4 is 5.76 Å². The van der Waals surface area contributed by atoms with Crippen LogP contribution in [0.5, 0.6) is 0 Å². The van der Waals surface area contributed by atoms with Crippen LogP contribution in [-0.2, 0) is 11.2 Å².